The molecule has 0 aliphatic carbocycles. The maximum absolute atomic E-state index is 14.1. The standard InChI is InChI=1S/C68H58O20/c1-19-33-25-37-41(29-45(33)73-3)57(77-7)53(65(69)85-15)61(81-11)49(37)51-39-27-35(47(75-5)31-43(39)59(79-9)55(63(51)83-13)67(71)87-17)23-21-22-24-36-28-40-44(32-48(36)76-6)60(80-10)56(68(72)88-18)64(84-14)52(40)50-38-26-34(20-2)46(74-4)30-42(38)58(78-8)54(62(50)82-12)66(70)86-16/h1-2,25-32H,3-18H3. The number of carbonyl (C=O) groups is 4. The molecule has 20 nitrogen and oxygen atoms in total. The minimum Gasteiger partial charge on any atom is -0.495 e. The summed E-state index contributed by atoms with van der Waals surface area (Å²) in [4.78, 5) is 56.1. The average molecular weight is 1200 g/mol. The van der Waals surface area contributed by atoms with Crippen molar-refractivity contribution in [3.63, 3.8) is 0 Å². The van der Waals surface area contributed by atoms with Crippen molar-refractivity contribution >= 4 is 67.0 Å². The third kappa shape index (κ3) is 10.1. The average Bonchev–Trinajstić information content (AvgIpc) is 0.906. The van der Waals surface area contributed by atoms with Crippen LogP contribution in [-0.2, 0) is 18.9 Å². The molecular formula is C68H58O20. The van der Waals surface area contributed by atoms with Gasteiger partial charge in [-0.2, -0.15) is 0 Å². The summed E-state index contributed by atoms with van der Waals surface area (Å²) in [5.74, 6) is 15.0. The van der Waals surface area contributed by atoms with Gasteiger partial charge < -0.3 is 75.8 Å². The number of methoxy groups -OCH3 is 16. The van der Waals surface area contributed by atoms with Gasteiger partial charge in [0, 0.05) is 43.8 Å². The summed E-state index contributed by atoms with van der Waals surface area (Å²) in [6, 6.07) is 13.1. The zero-order valence-corrected chi connectivity index (χ0v) is 50.9. The van der Waals surface area contributed by atoms with Crippen molar-refractivity contribution in [1.29, 1.82) is 0 Å². The minimum atomic E-state index is -0.843. The second-order valence-corrected chi connectivity index (χ2v) is 18.4. The fraction of sp³-hybridized carbons (Fsp3) is 0.235. The van der Waals surface area contributed by atoms with Gasteiger partial charge in [-0.3, -0.25) is 0 Å². The van der Waals surface area contributed by atoms with Crippen LogP contribution < -0.4 is 56.8 Å². The molecule has 0 fully saturated rings. The van der Waals surface area contributed by atoms with E-state index < -0.39 is 23.9 Å². The topological polar surface area (TPSA) is 216 Å². The highest BCUT2D eigenvalue weighted by atomic mass is 16.6. The Labute approximate surface area is 506 Å². The highest BCUT2D eigenvalue weighted by molar-refractivity contribution is 6.22. The molecule has 0 heterocycles. The molecule has 0 radical (unpaired) electrons. The molecule has 0 saturated carbocycles. The zero-order chi connectivity index (χ0) is 64.0. The number of rotatable bonds is 18. The van der Waals surface area contributed by atoms with Gasteiger partial charge in [-0.15, -0.1) is 12.8 Å². The lowest BCUT2D eigenvalue weighted by Gasteiger charge is -2.25. The Morgan fingerprint density at radius 2 is 0.477 bits per heavy atom. The normalized spacial score (nSPS) is 10.5. The summed E-state index contributed by atoms with van der Waals surface area (Å²) < 4.78 is 93.1. The molecule has 0 atom stereocenters. The van der Waals surface area contributed by atoms with E-state index >= 15 is 0 Å². The zero-order valence-electron chi connectivity index (χ0n) is 50.9. The molecule has 20 heteroatoms. The van der Waals surface area contributed by atoms with Gasteiger partial charge in [-0.1, -0.05) is 11.8 Å². The van der Waals surface area contributed by atoms with Crippen molar-refractivity contribution in [2.45, 2.75) is 0 Å². The van der Waals surface area contributed by atoms with E-state index in [4.69, 9.17) is 88.6 Å². The number of benzene rings is 8. The van der Waals surface area contributed by atoms with Gasteiger partial charge in [0.1, 0.15) is 91.2 Å². The van der Waals surface area contributed by atoms with E-state index in [1.54, 1.807) is 48.5 Å². The lowest BCUT2D eigenvalue weighted by atomic mass is 9.86. The van der Waals surface area contributed by atoms with Crippen LogP contribution in [0.25, 0.3) is 65.3 Å². The summed E-state index contributed by atoms with van der Waals surface area (Å²) in [5, 5.41) is 2.68. The molecule has 8 aromatic carbocycles. The largest absolute Gasteiger partial charge is 0.495 e. The van der Waals surface area contributed by atoms with Crippen molar-refractivity contribution in [3.05, 3.63) is 93.0 Å². The van der Waals surface area contributed by atoms with Crippen LogP contribution in [0.15, 0.2) is 48.5 Å². The fourth-order valence-electron chi connectivity index (χ4n) is 10.9. The van der Waals surface area contributed by atoms with Crippen molar-refractivity contribution < 1.29 is 95.0 Å². The molecule has 0 aliphatic rings. The van der Waals surface area contributed by atoms with E-state index in [-0.39, 0.29) is 125 Å². The molecule has 8 aromatic rings. The van der Waals surface area contributed by atoms with Crippen LogP contribution >= 0.6 is 0 Å². The Kier molecular flexibility index (Phi) is 18.6. The maximum Gasteiger partial charge on any atom is 0.345 e. The third-order valence-corrected chi connectivity index (χ3v) is 14.6. The Morgan fingerprint density at radius 3 is 0.659 bits per heavy atom. The molecule has 0 spiro atoms. The van der Waals surface area contributed by atoms with E-state index in [2.05, 4.69) is 35.5 Å². The summed E-state index contributed by atoms with van der Waals surface area (Å²) in [7, 11) is 21.4. The molecule has 0 saturated heterocycles. The molecule has 0 bridgehead atoms. The van der Waals surface area contributed by atoms with Gasteiger partial charge in [0.2, 0.25) is 0 Å². The number of ether oxygens (including phenoxy) is 16. The summed E-state index contributed by atoms with van der Waals surface area (Å²) in [6.07, 6.45) is 12.2. The van der Waals surface area contributed by atoms with Crippen LogP contribution in [0.5, 0.6) is 69.0 Å². The van der Waals surface area contributed by atoms with Crippen LogP contribution in [0.1, 0.15) is 63.7 Å². The van der Waals surface area contributed by atoms with Crippen LogP contribution in [0.2, 0.25) is 0 Å². The van der Waals surface area contributed by atoms with Gasteiger partial charge in [0.15, 0.2) is 0 Å². The first-order valence-corrected chi connectivity index (χ1v) is 26.1. The summed E-state index contributed by atoms with van der Waals surface area (Å²) in [5.41, 5.74) is 1.39. The molecule has 88 heavy (non-hydrogen) atoms. The fourth-order valence-corrected chi connectivity index (χ4v) is 10.9. The molecule has 8 rings (SSSR count). The summed E-state index contributed by atoms with van der Waals surface area (Å²) in [6.45, 7) is 0. The lowest BCUT2D eigenvalue weighted by molar-refractivity contribution is 0.0584. The van der Waals surface area contributed by atoms with E-state index in [1.807, 2.05) is 0 Å². The van der Waals surface area contributed by atoms with Gasteiger partial charge >= 0.3 is 23.9 Å². The van der Waals surface area contributed by atoms with Crippen molar-refractivity contribution in [3.8, 4) is 140 Å². The first-order valence-electron chi connectivity index (χ1n) is 26.1. The van der Waals surface area contributed by atoms with Gasteiger partial charge in [0.05, 0.1) is 136 Å². The molecule has 0 unspecified atom stereocenters. The van der Waals surface area contributed by atoms with Crippen LogP contribution in [0, 0.1) is 48.4 Å². The molecular weight excluding hydrogens is 1140 g/mol. The smallest absolute Gasteiger partial charge is 0.345 e. The van der Waals surface area contributed by atoms with E-state index in [0.717, 1.165) is 0 Å². The number of fused-ring (bicyclic) bond motifs is 4. The van der Waals surface area contributed by atoms with Gasteiger partial charge in [-0.25, -0.2) is 19.2 Å². The van der Waals surface area contributed by atoms with E-state index in [9.17, 15) is 19.2 Å². The Morgan fingerprint density at radius 1 is 0.273 bits per heavy atom. The van der Waals surface area contributed by atoms with Crippen LogP contribution in [0.3, 0.4) is 0 Å². The number of hydrogen-bond donors (Lipinski definition) is 0. The third-order valence-electron chi connectivity index (χ3n) is 14.6. The Balaban J connectivity index is 1.51. The number of carbonyl (C=O) groups excluding carboxylic acids is 4. The second-order valence-electron chi connectivity index (χ2n) is 18.4. The Bertz CT molecular complexity index is 4190. The number of esters is 4. The first-order chi connectivity index (χ1) is 42.6. The first kappa shape index (κ1) is 62.6. The number of hydrogen-bond acceptors (Lipinski definition) is 20. The molecule has 0 amide bonds. The maximum atomic E-state index is 14.1. The predicted molar refractivity (Wildman–Crippen MR) is 327 cm³/mol. The van der Waals surface area contributed by atoms with Crippen molar-refractivity contribution in [2.75, 3.05) is 114 Å². The minimum absolute atomic E-state index is 0.0312. The SMILES string of the molecule is C#Cc1cc2c(-c3c(OC)c(C(=O)OC)c(OC)c4cc(OC)c(C#CC#Cc5cc6c(-c7c(OC)c(C(=O)OC)c(OC)c8cc(OC)c(C#C)cc78)c(OC)c(C(=O)OC)c(OC)c6cc5OC)cc34)c(OC)c(C(=O)OC)c(OC)c2cc1OC. The molecule has 450 valence electrons. The molecule has 0 aromatic heterocycles. The highest BCUT2D eigenvalue weighted by Crippen LogP contribution is 2.58. The van der Waals surface area contributed by atoms with Gasteiger partial charge in [-0.05, 0) is 93.8 Å². The molecule has 0 aliphatic heterocycles. The van der Waals surface area contributed by atoms with Crippen molar-refractivity contribution in [2.24, 2.45) is 0 Å². The quantitative estimate of drug-likeness (QED) is 0.0443. The monoisotopic (exact) mass is 1190 g/mol. The summed E-state index contributed by atoms with van der Waals surface area (Å²) >= 11 is 0. The second kappa shape index (κ2) is 26.2. The van der Waals surface area contributed by atoms with Crippen LogP contribution in [-0.4, -0.2) is 138 Å². The van der Waals surface area contributed by atoms with Crippen molar-refractivity contribution in [1.82, 2.24) is 0 Å². The molecule has 0 N–H and O–H groups in total. The Hall–Kier alpha value is -11.5. The van der Waals surface area contributed by atoms with E-state index in [1.165, 1.54) is 114 Å². The highest BCUT2D eigenvalue weighted by Gasteiger charge is 2.37. The van der Waals surface area contributed by atoms with E-state index in [0.29, 0.717) is 54.2 Å². The van der Waals surface area contributed by atoms with Gasteiger partial charge in [0.25, 0.3) is 0 Å². The van der Waals surface area contributed by atoms with Crippen LogP contribution in [0.4, 0.5) is 0 Å². The predicted octanol–water partition coefficient (Wildman–Crippen LogP) is 10.2. The lowest BCUT2D eigenvalue weighted by Crippen LogP contribution is -2.11. The number of terminal acetylenes is 2.